The van der Waals surface area contributed by atoms with Crippen LogP contribution in [0.3, 0.4) is 0 Å². The minimum atomic E-state index is -0.949. The van der Waals surface area contributed by atoms with Crippen LogP contribution in [-0.2, 0) is 11.2 Å². The number of rotatable bonds is 5. The number of amides is 1. The van der Waals surface area contributed by atoms with Crippen LogP contribution in [0.15, 0.2) is 24.3 Å². The molecule has 1 fully saturated rings. The Bertz CT molecular complexity index is 432. The Balaban J connectivity index is 0.00000162. The molecule has 0 radical (unpaired) electrons. The van der Waals surface area contributed by atoms with E-state index in [0.717, 1.165) is 12.1 Å². The molecule has 0 bridgehead atoms. The van der Waals surface area contributed by atoms with Crippen LogP contribution in [0.25, 0.3) is 0 Å². The van der Waals surface area contributed by atoms with Crippen molar-refractivity contribution in [3.05, 3.63) is 35.4 Å². The molecule has 0 saturated heterocycles. The van der Waals surface area contributed by atoms with Gasteiger partial charge in [0.25, 0.3) is 0 Å². The van der Waals surface area contributed by atoms with Gasteiger partial charge in [-0.3, -0.25) is 4.79 Å². The van der Waals surface area contributed by atoms with Gasteiger partial charge in [-0.1, -0.05) is 12.1 Å². The second-order valence-corrected chi connectivity index (χ2v) is 4.43. The predicted octanol–water partition coefficient (Wildman–Crippen LogP) is -1.43. The molecule has 2 N–H and O–H groups in total. The largest absolute Gasteiger partial charge is 1.00 e. The molecule has 2 rings (SSSR count). The molecule has 1 amide bonds. The summed E-state index contributed by atoms with van der Waals surface area (Å²) in [5.41, 5.74) is 1.08. The van der Waals surface area contributed by atoms with E-state index in [2.05, 4.69) is 5.32 Å². The predicted molar refractivity (Wildman–Crippen MR) is 64.0 cm³/mol. The molecule has 1 aliphatic rings. The van der Waals surface area contributed by atoms with E-state index in [9.17, 15) is 9.59 Å². The minimum absolute atomic E-state index is 0. The second-order valence-electron chi connectivity index (χ2n) is 4.43. The summed E-state index contributed by atoms with van der Waals surface area (Å²) in [6, 6.07) is 6.40. The number of hydrogen-bond donors (Lipinski definition) is 2. The zero-order valence-electron chi connectivity index (χ0n) is 11.5. The molecule has 1 saturated carbocycles. The van der Waals surface area contributed by atoms with Gasteiger partial charge in [0.2, 0.25) is 5.91 Å². The molecule has 1 aliphatic carbocycles. The van der Waals surface area contributed by atoms with E-state index in [-0.39, 0.29) is 42.5 Å². The summed E-state index contributed by atoms with van der Waals surface area (Å²) in [5.74, 6) is -0.275. The molecule has 5 heteroatoms. The van der Waals surface area contributed by atoms with Crippen LogP contribution in [0.2, 0.25) is 0 Å². The van der Waals surface area contributed by atoms with Crippen molar-refractivity contribution >= 4 is 11.9 Å². The van der Waals surface area contributed by atoms with Crippen molar-refractivity contribution < 1.29 is 45.7 Å². The second kappa shape index (κ2) is 6.92. The molecule has 1 aromatic rings. The van der Waals surface area contributed by atoms with Gasteiger partial charge in [0.15, 0.2) is 0 Å². The van der Waals surface area contributed by atoms with Crippen molar-refractivity contribution in [3.63, 3.8) is 0 Å². The molecule has 4 nitrogen and oxygen atoms in total. The Morgan fingerprint density at radius 1 is 1.28 bits per heavy atom. The first kappa shape index (κ1) is 15.2. The number of aromatic carboxylic acids is 1. The number of carbonyl (C=O) groups is 2. The first-order valence-corrected chi connectivity index (χ1v) is 5.74. The van der Waals surface area contributed by atoms with Gasteiger partial charge in [0.1, 0.15) is 0 Å². The number of hydrogen-bond acceptors (Lipinski definition) is 2. The first-order chi connectivity index (χ1) is 8.15. The molecule has 0 heterocycles. The van der Waals surface area contributed by atoms with E-state index in [1.165, 1.54) is 25.0 Å². The van der Waals surface area contributed by atoms with Crippen LogP contribution in [0.1, 0.15) is 30.2 Å². The Morgan fingerprint density at radius 3 is 2.39 bits per heavy atom. The van der Waals surface area contributed by atoms with Crippen LogP contribution in [-0.4, -0.2) is 23.5 Å². The third-order valence-corrected chi connectivity index (χ3v) is 2.85. The number of benzene rings is 1. The van der Waals surface area contributed by atoms with E-state index in [1.54, 1.807) is 12.1 Å². The number of nitrogens with one attached hydrogen (secondary N) is 1. The number of carbonyl (C=O) groups excluding carboxylic acids is 1. The molecule has 0 aliphatic heterocycles. The summed E-state index contributed by atoms with van der Waals surface area (Å²) in [6.07, 6.45) is 2.74. The molecular weight excluding hydrogens is 241 g/mol. The average Bonchev–Trinajstić information content (AvgIpc) is 3.11. The number of carboxylic acids is 1. The zero-order chi connectivity index (χ0) is 12.3. The van der Waals surface area contributed by atoms with Gasteiger partial charge in [-0.2, -0.15) is 0 Å². The Morgan fingerprint density at radius 2 is 1.89 bits per heavy atom. The first-order valence-electron chi connectivity index (χ1n) is 5.74. The maximum atomic E-state index is 11.5. The molecule has 18 heavy (non-hydrogen) atoms. The van der Waals surface area contributed by atoms with Crippen LogP contribution >= 0.6 is 0 Å². The monoisotopic (exact) mass is 257 g/mol. The summed E-state index contributed by atoms with van der Waals surface area (Å²) >= 11 is 0. The molecule has 0 atom stereocenters. The molecule has 1 aromatic carbocycles. The maximum Gasteiger partial charge on any atom is 1.00 e. The van der Waals surface area contributed by atoms with Gasteiger partial charge in [-0.05, 0) is 36.5 Å². The van der Waals surface area contributed by atoms with E-state index in [0.29, 0.717) is 12.3 Å². The van der Waals surface area contributed by atoms with E-state index < -0.39 is 5.97 Å². The van der Waals surface area contributed by atoms with Crippen molar-refractivity contribution in [1.82, 2.24) is 5.32 Å². The van der Waals surface area contributed by atoms with Crippen LogP contribution in [0.5, 0.6) is 0 Å². The Kier molecular flexibility index (Phi) is 5.85. The van der Waals surface area contributed by atoms with Crippen LogP contribution in [0.4, 0.5) is 0 Å². The van der Waals surface area contributed by atoms with Crippen molar-refractivity contribution in [1.29, 1.82) is 0 Å². The quantitative estimate of drug-likeness (QED) is 0.636. The van der Waals surface area contributed by atoms with E-state index in [1.807, 2.05) is 0 Å². The molecule has 0 spiro atoms. The minimum Gasteiger partial charge on any atom is -1.00 e. The average molecular weight is 257 g/mol. The van der Waals surface area contributed by atoms with Gasteiger partial charge in [0.05, 0.1) is 12.0 Å². The van der Waals surface area contributed by atoms with Crippen molar-refractivity contribution in [2.24, 2.45) is 5.92 Å². The smallest absolute Gasteiger partial charge is 1.00 e. The van der Waals surface area contributed by atoms with Gasteiger partial charge in [-0.15, -0.1) is 0 Å². The van der Waals surface area contributed by atoms with Crippen LogP contribution in [0, 0.1) is 5.92 Å². The van der Waals surface area contributed by atoms with Crippen molar-refractivity contribution in [3.8, 4) is 0 Å². The molecule has 0 unspecified atom stereocenters. The summed E-state index contributed by atoms with van der Waals surface area (Å²) in [5, 5.41) is 11.6. The van der Waals surface area contributed by atoms with Gasteiger partial charge in [-0.25, -0.2) is 4.79 Å². The Labute approximate surface area is 130 Å². The summed E-state index contributed by atoms with van der Waals surface area (Å²) < 4.78 is 0. The molecular formula is C13H16NNaO3. The Hall–Kier alpha value is -0.840. The van der Waals surface area contributed by atoms with Gasteiger partial charge >= 0.3 is 35.5 Å². The van der Waals surface area contributed by atoms with Crippen molar-refractivity contribution in [2.45, 2.75) is 19.3 Å². The fraction of sp³-hybridized carbons (Fsp3) is 0.385. The SMILES string of the molecule is O=C(Cc1ccc(C(=O)O)cc1)NCC1CC1.[H-].[Na+]. The number of carboxylic acid groups (broad SMARTS) is 1. The summed E-state index contributed by atoms with van der Waals surface area (Å²) in [7, 11) is 0. The fourth-order valence-electron chi connectivity index (χ4n) is 1.59. The van der Waals surface area contributed by atoms with E-state index >= 15 is 0 Å². The fourth-order valence-corrected chi connectivity index (χ4v) is 1.59. The zero-order valence-corrected chi connectivity index (χ0v) is 12.5. The maximum absolute atomic E-state index is 11.5. The third kappa shape index (κ3) is 4.80. The van der Waals surface area contributed by atoms with E-state index in [4.69, 9.17) is 5.11 Å². The topological polar surface area (TPSA) is 66.4 Å². The third-order valence-electron chi connectivity index (χ3n) is 2.85. The standard InChI is InChI=1S/C13H15NO3.Na.H/c15-12(14-8-10-1-2-10)7-9-3-5-11(6-4-9)13(16)17;;/h3-6,10H,1-2,7-8H2,(H,14,15)(H,16,17);;/q;+1;-1. The normalized spacial score (nSPS) is 13.6. The summed E-state index contributed by atoms with van der Waals surface area (Å²) in [6.45, 7) is 0.770. The van der Waals surface area contributed by atoms with Gasteiger partial charge < -0.3 is 11.8 Å². The molecule has 92 valence electrons. The van der Waals surface area contributed by atoms with Gasteiger partial charge in [0, 0.05) is 6.54 Å². The van der Waals surface area contributed by atoms with Crippen LogP contribution < -0.4 is 34.9 Å². The summed E-state index contributed by atoms with van der Waals surface area (Å²) in [4.78, 5) is 22.2. The van der Waals surface area contributed by atoms with Crippen molar-refractivity contribution in [2.75, 3.05) is 6.54 Å². The molecule has 0 aromatic heterocycles.